The third-order valence-electron chi connectivity index (χ3n) is 4.66. The van der Waals surface area contributed by atoms with Crippen molar-refractivity contribution in [3.05, 3.63) is 22.7 Å². The summed E-state index contributed by atoms with van der Waals surface area (Å²) >= 11 is 6.48. The van der Waals surface area contributed by atoms with Crippen LogP contribution in [-0.2, 0) is 6.54 Å². The molecule has 1 fully saturated rings. The van der Waals surface area contributed by atoms with Crippen LogP contribution >= 0.6 is 11.6 Å². The van der Waals surface area contributed by atoms with Crippen LogP contribution in [-0.4, -0.2) is 69.0 Å². The van der Waals surface area contributed by atoms with Gasteiger partial charge in [-0.05, 0) is 44.6 Å². The van der Waals surface area contributed by atoms with E-state index >= 15 is 0 Å². The van der Waals surface area contributed by atoms with Crippen LogP contribution in [0.3, 0.4) is 0 Å². The molecule has 1 aromatic rings. The molecule has 1 aliphatic rings. The molecule has 2 atom stereocenters. The Bertz CT molecular complexity index is 525. The lowest BCUT2D eigenvalue weighted by molar-refractivity contribution is 0.0460. The van der Waals surface area contributed by atoms with E-state index in [4.69, 9.17) is 21.1 Å². The summed E-state index contributed by atoms with van der Waals surface area (Å²) in [6.07, 6.45) is 0.990. The number of aliphatic hydroxyl groups is 1. The summed E-state index contributed by atoms with van der Waals surface area (Å²) in [6, 6.07) is 4.24. The van der Waals surface area contributed by atoms with Gasteiger partial charge in [-0.3, -0.25) is 4.90 Å². The molecule has 1 saturated heterocycles. The van der Waals surface area contributed by atoms with Crippen molar-refractivity contribution in [1.82, 2.24) is 9.80 Å². The van der Waals surface area contributed by atoms with Crippen LogP contribution in [0.2, 0.25) is 5.02 Å². The molecule has 0 aromatic heterocycles. The Morgan fingerprint density at radius 2 is 2.04 bits per heavy atom. The maximum absolute atomic E-state index is 9.56. The van der Waals surface area contributed by atoms with Crippen molar-refractivity contribution in [2.75, 3.05) is 48.0 Å². The number of methoxy groups -OCH3 is 2. The van der Waals surface area contributed by atoms with Crippen molar-refractivity contribution >= 4 is 11.6 Å². The Balaban J connectivity index is 2.13. The van der Waals surface area contributed by atoms with Crippen LogP contribution in [0.4, 0.5) is 0 Å². The highest BCUT2D eigenvalue weighted by molar-refractivity contribution is 6.33. The molecule has 1 aliphatic heterocycles. The van der Waals surface area contributed by atoms with Gasteiger partial charge in [-0.15, -0.1) is 0 Å². The minimum atomic E-state index is 0.244. The van der Waals surface area contributed by atoms with E-state index in [1.54, 1.807) is 14.2 Å². The second kappa shape index (κ2) is 8.20. The summed E-state index contributed by atoms with van der Waals surface area (Å²) in [5, 5.41) is 10.2. The normalized spacial score (nSPS) is 22.4. The molecular weight excluding hydrogens is 316 g/mol. The number of nitrogens with zero attached hydrogens (tertiary/aromatic N) is 2. The van der Waals surface area contributed by atoms with Gasteiger partial charge < -0.3 is 19.5 Å². The van der Waals surface area contributed by atoms with E-state index in [1.807, 2.05) is 12.1 Å². The fraction of sp³-hybridized carbons (Fsp3) is 0.647. The first-order valence-electron chi connectivity index (χ1n) is 7.90. The van der Waals surface area contributed by atoms with Crippen molar-refractivity contribution in [3.63, 3.8) is 0 Å². The zero-order chi connectivity index (χ0) is 17.0. The number of hydrogen-bond acceptors (Lipinski definition) is 5. The van der Waals surface area contributed by atoms with Gasteiger partial charge in [-0.1, -0.05) is 17.7 Å². The van der Waals surface area contributed by atoms with Gasteiger partial charge in [-0.2, -0.15) is 0 Å². The summed E-state index contributed by atoms with van der Waals surface area (Å²) in [4.78, 5) is 4.58. The van der Waals surface area contributed by atoms with Gasteiger partial charge in [0.1, 0.15) is 0 Å². The van der Waals surface area contributed by atoms with Crippen molar-refractivity contribution in [2.24, 2.45) is 5.92 Å². The second-order valence-corrected chi connectivity index (χ2v) is 6.65. The highest BCUT2D eigenvalue weighted by Gasteiger charge is 2.30. The van der Waals surface area contributed by atoms with Crippen LogP contribution in [0.25, 0.3) is 0 Å². The van der Waals surface area contributed by atoms with E-state index in [0.717, 1.165) is 31.6 Å². The number of hydrogen-bond donors (Lipinski definition) is 1. The van der Waals surface area contributed by atoms with Crippen molar-refractivity contribution in [2.45, 2.75) is 19.0 Å². The molecule has 0 unspecified atom stereocenters. The molecule has 0 bridgehead atoms. The van der Waals surface area contributed by atoms with Gasteiger partial charge in [0.05, 0.1) is 19.2 Å². The van der Waals surface area contributed by atoms with E-state index in [-0.39, 0.29) is 6.61 Å². The Labute approximate surface area is 143 Å². The lowest BCUT2D eigenvalue weighted by Crippen LogP contribution is -2.51. The molecule has 6 heteroatoms. The number of ether oxygens (including phenoxy) is 2. The molecule has 23 heavy (non-hydrogen) atoms. The summed E-state index contributed by atoms with van der Waals surface area (Å²) in [5.41, 5.74) is 1.03. The van der Waals surface area contributed by atoms with Gasteiger partial charge in [0.2, 0.25) is 0 Å². The Morgan fingerprint density at radius 1 is 1.30 bits per heavy atom. The maximum atomic E-state index is 9.56. The molecule has 0 amide bonds. The van der Waals surface area contributed by atoms with Crippen LogP contribution in [0.1, 0.15) is 12.0 Å². The number of likely N-dealkylation sites (N-methyl/N-ethyl adjacent to an activating group) is 1. The molecule has 5 nitrogen and oxygen atoms in total. The molecule has 0 spiro atoms. The highest BCUT2D eigenvalue weighted by atomic mass is 35.5. The molecular formula is C17H27ClN2O3. The van der Waals surface area contributed by atoms with Gasteiger partial charge in [0, 0.05) is 25.7 Å². The summed E-state index contributed by atoms with van der Waals surface area (Å²) in [6.45, 7) is 2.89. The van der Waals surface area contributed by atoms with Crippen molar-refractivity contribution in [3.8, 4) is 11.5 Å². The number of likely N-dealkylation sites (tertiary alicyclic amines) is 1. The van der Waals surface area contributed by atoms with E-state index in [1.165, 1.54) is 0 Å². The Kier molecular flexibility index (Phi) is 6.53. The summed E-state index contributed by atoms with van der Waals surface area (Å²) < 4.78 is 10.7. The van der Waals surface area contributed by atoms with Gasteiger partial charge in [-0.25, -0.2) is 0 Å². The molecule has 0 aliphatic carbocycles. The second-order valence-electron chi connectivity index (χ2n) is 6.27. The summed E-state index contributed by atoms with van der Waals surface area (Å²) in [7, 11) is 7.35. The predicted octanol–water partition coefficient (Wildman–Crippen LogP) is 2.10. The standard InChI is InChI=1S/C17H27ClN2O3/c1-19(2)14-10-20(8-7-13(14)11-21)9-12-5-6-15(22-3)17(23-4)16(12)18/h5-6,13-14,21H,7-11H2,1-4H3/t13-,14-/m1/s1. The highest BCUT2D eigenvalue weighted by Crippen LogP contribution is 2.38. The smallest absolute Gasteiger partial charge is 0.179 e. The average molecular weight is 343 g/mol. The van der Waals surface area contributed by atoms with Crippen molar-refractivity contribution < 1.29 is 14.6 Å². The number of rotatable bonds is 6. The molecule has 0 radical (unpaired) electrons. The first kappa shape index (κ1) is 18.3. The van der Waals surface area contributed by atoms with Gasteiger partial charge in [0.15, 0.2) is 11.5 Å². The minimum absolute atomic E-state index is 0.244. The predicted molar refractivity (Wildman–Crippen MR) is 92.5 cm³/mol. The Hall–Kier alpha value is -1.01. The minimum Gasteiger partial charge on any atom is -0.493 e. The number of piperidine rings is 1. The number of aliphatic hydroxyl groups excluding tert-OH is 1. The third kappa shape index (κ3) is 4.10. The number of halogens is 1. The van der Waals surface area contributed by atoms with Crippen molar-refractivity contribution in [1.29, 1.82) is 0 Å². The van der Waals surface area contributed by atoms with Crippen LogP contribution in [0, 0.1) is 5.92 Å². The molecule has 0 saturated carbocycles. The molecule has 1 aromatic carbocycles. The monoisotopic (exact) mass is 342 g/mol. The van der Waals surface area contributed by atoms with E-state index in [9.17, 15) is 5.11 Å². The lowest BCUT2D eigenvalue weighted by Gasteiger charge is -2.41. The summed E-state index contributed by atoms with van der Waals surface area (Å²) in [5.74, 6) is 1.56. The van der Waals surface area contributed by atoms with Crippen LogP contribution in [0.5, 0.6) is 11.5 Å². The first-order chi connectivity index (χ1) is 11.0. The SMILES string of the molecule is COc1ccc(CN2CC[C@H](CO)[C@H](N(C)C)C2)c(Cl)c1OC. The van der Waals surface area contributed by atoms with Gasteiger partial charge in [0.25, 0.3) is 0 Å². The average Bonchev–Trinajstić information content (AvgIpc) is 2.56. The fourth-order valence-electron chi connectivity index (χ4n) is 3.28. The largest absolute Gasteiger partial charge is 0.493 e. The maximum Gasteiger partial charge on any atom is 0.179 e. The van der Waals surface area contributed by atoms with E-state index in [2.05, 4.69) is 23.9 Å². The lowest BCUT2D eigenvalue weighted by atomic mass is 9.91. The molecule has 2 rings (SSSR count). The quantitative estimate of drug-likeness (QED) is 0.857. The van der Waals surface area contributed by atoms with Crippen LogP contribution < -0.4 is 9.47 Å². The molecule has 130 valence electrons. The first-order valence-corrected chi connectivity index (χ1v) is 8.28. The Morgan fingerprint density at radius 3 is 2.61 bits per heavy atom. The van der Waals surface area contributed by atoms with E-state index in [0.29, 0.717) is 28.5 Å². The van der Waals surface area contributed by atoms with Gasteiger partial charge >= 0.3 is 0 Å². The molecule has 1 N–H and O–H groups in total. The van der Waals surface area contributed by atoms with Crippen LogP contribution in [0.15, 0.2) is 12.1 Å². The van der Waals surface area contributed by atoms with E-state index < -0.39 is 0 Å². The molecule has 1 heterocycles. The fourth-order valence-corrected chi connectivity index (χ4v) is 3.57. The zero-order valence-electron chi connectivity index (χ0n) is 14.4. The number of benzene rings is 1. The zero-order valence-corrected chi connectivity index (χ0v) is 15.1. The topological polar surface area (TPSA) is 45.2 Å². The third-order valence-corrected chi connectivity index (χ3v) is 5.08.